The number of hydrogen-bond donors (Lipinski definition) is 1. The molecular weight excluding hydrogens is 248 g/mol. The summed E-state index contributed by atoms with van der Waals surface area (Å²) in [6.07, 6.45) is 13.0. The lowest BCUT2D eigenvalue weighted by molar-refractivity contribution is -0.111. The Bertz CT molecular complexity index is 357. The van der Waals surface area contributed by atoms with Crippen LogP contribution in [0.2, 0.25) is 0 Å². The third-order valence-electron chi connectivity index (χ3n) is 6.62. The average Bonchev–Trinajstić information content (AvgIpc) is 3.24. The molecular formula is C17H30N2O. The number of nitrogens with zero attached hydrogens (tertiary/aromatic N) is 1. The Balaban J connectivity index is 1.55. The highest BCUT2D eigenvalue weighted by atomic mass is 16.5. The maximum atomic E-state index is 6.35. The first-order chi connectivity index (χ1) is 9.82. The molecule has 3 nitrogen and oxygen atoms in total. The van der Waals surface area contributed by atoms with Crippen LogP contribution < -0.4 is 5.73 Å². The van der Waals surface area contributed by atoms with Crippen molar-refractivity contribution in [1.82, 2.24) is 4.90 Å². The molecule has 2 N–H and O–H groups in total. The molecule has 1 saturated heterocycles. The SMILES string of the molecule is NCC1(N2CCOC3CCCC32)CCCC(C2CC2)C1. The van der Waals surface area contributed by atoms with Crippen LogP contribution in [0.25, 0.3) is 0 Å². The zero-order chi connectivity index (χ0) is 13.6. The predicted molar refractivity (Wildman–Crippen MR) is 80.6 cm³/mol. The van der Waals surface area contributed by atoms with Crippen LogP contribution in [-0.4, -0.2) is 42.3 Å². The van der Waals surface area contributed by atoms with Crippen LogP contribution in [0.4, 0.5) is 0 Å². The molecule has 114 valence electrons. The molecule has 1 aliphatic heterocycles. The van der Waals surface area contributed by atoms with Gasteiger partial charge in [-0.05, 0) is 56.8 Å². The lowest BCUT2D eigenvalue weighted by Gasteiger charge is -2.53. The third-order valence-corrected chi connectivity index (χ3v) is 6.62. The van der Waals surface area contributed by atoms with Gasteiger partial charge in [-0.15, -0.1) is 0 Å². The van der Waals surface area contributed by atoms with Crippen molar-refractivity contribution in [3.8, 4) is 0 Å². The molecule has 0 aromatic heterocycles. The van der Waals surface area contributed by atoms with E-state index in [1.165, 1.54) is 57.8 Å². The summed E-state index contributed by atoms with van der Waals surface area (Å²) in [5.74, 6) is 2.01. The molecule has 4 unspecified atom stereocenters. The van der Waals surface area contributed by atoms with Gasteiger partial charge in [0.25, 0.3) is 0 Å². The quantitative estimate of drug-likeness (QED) is 0.862. The van der Waals surface area contributed by atoms with Crippen molar-refractivity contribution in [1.29, 1.82) is 0 Å². The maximum absolute atomic E-state index is 6.35. The van der Waals surface area contributed by atoms with Crippen molar-refractivity contribution in [2.45, 2.75) is 75.5 Å². The molecule has 20 heavy (non-hydrogen) atoms. The normalized spacial score (nSPS) is 46.4. The summed E-state index contributed by atoms with van der Waals surface area (Å²) in [7, 11) is 0. The van der Waals surface area contributed by atoms with Gasteiger partial charge in [-0.25, -0.2) is 0 Å². The first-order valence-corrected chi connectivity index (χ1v) is 8.91. The van der Waals surface area contributed by atoms with Crippen LogP contribution >= 0.6 is 0 Å². The molecule has 3 heteroatoms. The lowest BCUT2D eigenvalue weighted by atomic mass is 9.72. The Kier molecular flexibility index (Phi) is 3.56. The van der Waals surface area contributed by atoms with E-state index in [4.69, 9.17) is 10.5 Å². The summed E-state index contributed by atoms with van der Waals surface area (Å²) in [4.78, 5) is 2.82. The summed E-state index contributed by atoms with van der Waals surface area (Å²) in [5.41, 5.74) is 6.66. The van der Waals surface area contributed by atoms with Gasteiger partial charge in [0, 0.05) is 24.7 Å². The van der Waals surface area contributed by atoms with Crippen LogP contribution in [0.3, 0.4) is 0 Å². The average molecular weight is 278 g/mol. The van der Waals surface area contributed by atoms with E-state index in [1.807, 2.05) is 0 Å². The highest BCUT2D eigenvalue weighted by Gasteiger charge is 2.49. The fourth-order valence-electron chi connectivity index (χ4n) is 5.43. The number of fused-ring (bicyclic) bond motifs is 1. The maximum Gasteiger partial charge on any atom is 0.0731 e. The van der Waals surface area contributed by atoms with E-state index in [-0.39, 0.29) is 0 Å². The molecule has 4 atom stereocenters. The van der Waals surface area contributed by atoms with Gasteiger partial charge in [0.05, 0.1) is 12.7 Å². The molecule has 1 heterocycles. The van der Waals surface area contributed by atoms with Crippen molar-refractivity contribution >= 4 is 0 Å². The van der Waals surface area contributed by atoms with Crippen LogP contribution in [0.15, 0.2) is 0 Å². The Morgan fingerprint density at radius 1 is 1.05 bits per heavy atom. The summed E-state index contributed by atoms with van der Waals surface area (Å²) >= 11 is 0. The highest BCUT2D eigenvalue weighted by molar-refractivity contribution is 5.04. The minimum atomic E-state index is 0.308. The summed E-state index contributed by atoms with van der Waals surface area (Å²) < 4.78 is 6.02. The minimum absolute atomic E-state index is 0.308. The molecule has 0 aromatic carbocycles. The summed E-state index contributed by atoms with van der Waals surface area (Å²) in [6.45, 7) is 2.91. The zero-order valence-corrected chi connectivity index (χ0v) is 12.7. The van der Waals surface area contributed by atoms with Crippen molar-refractivity contribution in [3.63, 3.8) is 0 Å². The Morgan fingerprint density at radius 2 is 1.95 bits per heavy atom. The van der Waals surface area contributed by atoms with Gasteiger partial charge < -0.3 is 10.5 Å². The van der Waals surface area contributed by atoms with Gasteiger partial charge >= 0.3 is 0 Å². The first-order valence-electron chi connectivity index (χ1n) is 8.91. The largest absolute Gasteiger partial charge is 0.375 e. The second kappa shape index (κ2) is 5.26. The van der Waals surface area contributed by atoms with Gasteiger partial charge in [-0.3, -0.25) is 4.90 Å². The summed E-state index contributed by atoms with van der Waals surface area (Å²) in [5, 5.41) is 0. The van der Waals surface area contributed by atoms with E-state index >= 15 is 0 Å². The molecule has 4 rings (SSSR count). The second-order valence-electron chi connectivity index (χ2n) is 7.72. The molecule has 3 saturated carbocycles. The van der Waals surface area contributed by atoms with E-state index < -0.39 is 0 Å². The minimum Gasteiger partial charge on any atom is -0.375 e. The summed E-state index contributed by atoms with van der Waals surface area (Å²) in [6, 6.07) is 0.672. The number of nitrogens with two attached hydrogens (primary N) is 1. The molecule has 4 aliphatic rings. The Morgan fingerprint density at radius 3 is 2.75 bits per heavy atom. The third kappa shape index (κ3) is 2.22. The van der Waals surface area contributed by atoms with E-state index in [2.05, 4.69) is 4.90 Å². The van der Waals surface area contributed by atoms with Gasteiger partial charge in [0.1, 0.15) is 0 Å². The monoisotopic (exact) mass is 278 g/mol. The van der Waals surface area contributed by atoms with Gasteiger partial charge in [-0.2, -0.15) is 0 Å². The van der Waals surface area contributed by atoms with Crippen LogP contribution in [0.1, 0.15) is 57.8 Å². The molecule has 3 aliphatic carbocycles. The molecule has 4 fully saturated rings. The van der Waals surface area contributed by atoms with Crippen molar-refractivity contribution < 1.29 is 4.74 Å². The van der Waals surface area contributed by atoms with Gasteiger partial charge in [-0.1, -0.05) is 12.8 Å². The fraction of sp³-hybridized carbons (Fsp3) is 1.00. The molecule has 0 bridgehead atoms. The molecule has 0 spiro atoms. The number of hydrogen-bond acceptors (Lipinski definition) is 3. The number of morpholine rings is 1. The fourth-order valence-corrected chi connectivity index (χ4v) is 5.43. The van der Waals surface area contributed by atoms with Crippen molar-refractivity contribution in [3.05, 3.63) is 0 Å². The van der Waals surface area contributed by atoms with Gasteiger partial charge in [0.15, 0.2) is 0 Å². The molecule has 0 radical (unpaired) electrons. The number of ether oxygens (including phenoxy) is 1. The smallest absolute Gasteiger partial charge is 0.0731 e. The Hall–Kier alpha value is -0.120. The van der Waals surface area contributed by atoms with E-state index in [1.54, 1.807) is 0 Å². The number of rotatable bonds is 3. The highest BCUT2D eigenvalue weighted by Crippen LogP contribution is 2.49. The van der Waals surface area contributed by atoms with E-state index in [9.17, 15) is 0 Å². The van der Waals surface area contributed by atoms with Crippen molar-refractivity contribution in [2.75, 3.05) is 19.7 Å². The molecule has 0 amide bonds. The van der Waals surface area contributed by atoms with E-state index in [0.717, 1.165) is 31.5 Å². The first kappa shape index (κ1) is 13.5. The standard InChI is InChI=1S/C17H30N2O/c18-12-17(8-2-3-14(11-17)13-6-7-13)19-9-10-20-16-5-1-4-15(16)19/h13-16H,1-12,18H2. The van der Waals surface area contributed by atoms with Crippen molar-refractivity contribution in [2.24, 2.45) is 17.6 Å². The van der Waals surface area contributed by atoms with Crippen LogP contribution in [0, 0.1) is 11.8 Å². The topological polar surface area (TPSA) is 38.5 Å². The lowest BCUT2D eigenvalue weighted by Crippen LogP contribution is -2.64. The molecule has 0 aromatic rings. The predicted octanol–water partition coefficient (Wildman–Crippen LogP) is 2.54. The van der Waals surface area contributed by atoms with Gasteiger partial charge in [0.2, 0.25) is 0 Å². The van der Waals surface area contributed by atoms with Crippen LogP contribution in [-0.2, 0) is 4.74 Å². The zero-order valence-electron chi connectivity index (χ0n) is 12.7. The van der Waals surface area contributed by atoms with E-state index in [0.29, 0.717) is 17.7 Å². The second-order valence-corrected chi connectivity index (χ2v) is 7.72. The Labute approximate surface area is 123 Å². The van der Waals surface area contributed by atoms with Crippen LogP contribution in [0.5, 0.6) is 0 Å².